The van der Waals surface area contributed by atoms with Crippen LogP contribution in [0.1, 0.15) is 45.6 Å². The van der Waals surface area contributed by atoms with Crippen LogP contribution in [-0.2, 0) is 11.2 Å². The van der Waals surface area contributed by atoms with Gasteiger partial charge >= 0.3 is 0 Å². The standard InChI is InChI=1S/C18H29NOS/c1-5-12-19-15(10-11-18(2,3)20-4)17-13-14-8-6-7-9-16(14)21-17/h6-9,15,17,19H,5,10-13H2,1-4H3. The van der Waals surface area contributed by atoms with Gasteiger partial charge in [-0.1, -0.05) is 25.1 Å². The molecule has 0 bridgehead atoms. The van der Waals surface area contributed by atoms with Gasteiger partial charge in [0, 0.05) is 23.3 Å². The molecule has 1 aliphatic rings. The van der Waals surface area contributed by atoms with Crippen molar-refractivity contribution in [2.45, 2.75) is 68.2 Å². The van der Waals surface area contributed by atoms with Gasteiger partial charge < -0.3 is 10.1 Å². The van der Waals surface area contributed by atoms with E-state index in [4.69, 9.17) is 4.74 Å². The highest BCUT2D eigenvalue weighted by molar-refractivity contribution is 8.00. The van der Waals surface area contributed by atoms with Crippen LogP contribution < -0.4 is 5.32 Å². The second kappa shape index (κ2) is 7.66. The SMILES string of the molecule is CCCNC(CCC(C)(C)OC)C1Cc2ccccc2S1. The van der Waals surface area contributed by atoms with E-state index in [-0.39, 0.29) is 5.60 Å². The minimum Gasteiger partial charge on any atom is -0.379 e. The fraction of sp³-hybridized carbons (Fsp3) is 0.667. The monoisotopic (exact) mass is 307 g/mol. The van der Waals surface area contributed by atoms with Crippen molar-refractivity contribution in [2.24, 2.45) is 0 Å². The maximum absolute atomic E-state index is 5.58. The normalized spacial score (nSPS) is 19.5. The summed E-state index contributed by atoms with van der Waals surface area (Å²) in [5.41, 5.74) is 1.49. The topological polar surface area (TPSA) is 21.3 Å². The summed E-state index contributed by atoms with van der Waals surface area (Å²) in [5.74, 6) is 0. The average molecular weight is 308 g/mol. The highest BCUT2D eigenvalue weighted by atomic mass is 32.2. The van der Waals surface area contributed by atoms with Crippen LogP contribution in [0.25, 0.3) is 0 Å². The van der Waals surface area contributed by atoms with Crippen molar-refractivity contribution >= 4 is 11.8 Å². The maximum atomic E-state index is 5.58. The van der Waals surface area contributed by atoms with Gasteiger partial charge in [0.2, 0.25) is 0 Å². The molecule has 1 aromatic rings. The zero-order chi connectivity index (χ0) is 15.3. The van der Waals surface area contributed by atoms with Gasteiger partial charge in [0.25, 0.3) is 0 Å². The van der Waals surface area contributed by atoms with Crippen molar-refractivity contribution < 1.29 is 4.74 Å². The lowest BCUT2D eigenvalue weighted by Gasteiger charge is -2.29. The van der Waals surface area contributed by atoms with Gasteiger partial charge in [-0.2, -0.15) is 0 Å². The molecule has 1 heterocycles. The Balaban J connectivity index is 1.97. The quantitative estimate of drug-likeness (QED) is 0.774. The molecule has 2 rings (SSSR count). The molecule has 2 atom stereocenters. The van der Waals surface area contributed by atoms with Crippen LogP contribution in [0.3, 0.4) is 0 Å². The lowest BCUT2D eigenvalue weighted by Crippen LogP contribution is -2.40. The molecule has 0 amide bonds. The molecule has 118 valence electrons. The molecule has 1 N–H and O–H groups in total. The Morgan fingerprint density at radius 2 is 2.14 bits per heavy atom. The molecule has 0 aliphatic carbocycles. The molecule has 0 spiro atoms. The van der Waals surface area contributed by atoms with Gasteiger partial charge in [0.1, 0.15) is 0 Å². The summed E-state index contributed by atoms with van der Waals surface area (Å²) in [4.78, 5) is 1.47. The van der Waals surface area contributed by atoms with Crippen molar-refractivity contribution in [1.82, 2.24) is 5.32 Å². The molecular formula is C18H29NOS. The Morgan fingerprint density at radius 3 is 2.81 bits per heavy atom. The summed E-state index contributed by atoms with van der Waals surface area (Å²) in [6, 6.07) is 9.41. The van der Waals surface area contributed by atoms with Crippen LogP contribution >= 0.6 is 11.8 Å². The predicted octanol–water partition coefficient (Wildman–Crippen LogP) is 4.28. The molecular weight excluding hydrogens is 278 g/mol. The van der Waals surface area contributed by atoms with Gasteiger partial charge in [-0.3, -0.25) is 0 Å². The van der Waals surface area contributed by atoms with Crippen LogP contribution in [0, 0.1) is 0 Å². The molecule has 0 aromatic heterocycles. The molecule has 0 fully saturated rings. The lowest BCUT2D eigenvalue weighted by molar-refractivity contribution is 0.0117. The molecule has 2 unspecified atom stereocenters. The second-order valence-electron chi connectivity index (χ2n) is 6.53. The minimum atomic E-state index is -0.0255. The number of hydrogen-bond acceptors (Lipinski definition) is 3. The van der Waals surface area contributed by atoms with E-state index in [9.17, 15) is 0 Å². The Hall–Kier alpha value is -0.510. The first-order chi connectivity index (χ1) is 10.1. The van der Waals surface area contributed by atoms with E-state index in [1.54, 1.807) is 0 Å². The van der Waals surface area contributed by atoms with E-state index in [1.807, 2.05) is 18.9 Å². The predicted molar refractivity (Wildman–Crippen MR) is 92.2 cm³/mol. The maximum Gasteiger partial charge on any atom is 0.0623 e. The average Bonchev–Trinajstić information content (AvgIpc) is 2.91. The number of nitrogens with one attached hydrogen (secondary N) is 1. The Bertz CT molecular complexity index is 422. The number of thioether (sulfide) groups is 1. The van der Waals surface area contributed by atoms with E-state index in [0.29, 0.717) is 11.3 Å². The van der Waals surface area contributed by atoms with E-state index in [1.165, 1.54) is 29.7 Å². The van der Waals surface area contributed by atoms with Crippen LogP contribution in [-0.4, -0.2) is 30.5 Å². The highest BCUT2D eigenvalue weighted by Crippen LogP contribution is 2.39. The summed E-state index contributed by atoms with van der Waals surface area (Å²) >= 11 is 2.05. The van der Waals surface area contributed by atoms with Crippen molar-refractivity contribution in [2.75, 3.05) is 13.7 Å². The molecule has 2 nitrogen and oxygen atoms in total. The second-order valence-corrected chi connectivity index (χ2v) is 7.81. The molecule has 1 aliphatic heterocycles. The van der Waals surface area contributed by atoms with E-state index < -0.39 is 0 Å². The number of benzene rings is 1. The van der Waals surface area contributed by atoms with E-state index in [2.05, 4.69) is 50.4 Å². The molecule has 21 heavy (non-hydrogen) atoms. The van der Waals surface area contributed by atoms with Crippen LogP contribution in [0.15, 0.2) is 29.2 Å². The fourth-order valence-electron chi connectivity index (χ4n) is 2.79. The molecule has 0 saturated carbocycles. The van der Waals surface area contributed by atoms with Gasteiger partial charge in [-0.15, -0.1) is 11.8 Å². The number of fused-ring (bicyclic) bond motifs is 1. The summed E-state index contributed by atoms with van der Waals surface area (Å²) in [6.45, 7) is 7.70. The van der Waals surface area contributed by atoms with Gasteiger partial charge in [-0.05, 0) is 57.7 Å². The molecule has 0 radical (unpaired) electrons. The van der Waals surface area contributed by atoms with Crippen molar-refractivity contribution in [3.63, 3.8) is 0 Å². The summed E-state index contributed by atoms with van der Waals surface area (Å²) < 4.78 is 5.58. The van der Waals surface area contributed by atoms with Crippen LogP contribution in [0.4, 0.5) is 0 Å². The molecule has 0 saturated heterocycles. The third-order valence-corrected chi connectivity index (χ3v) is 5.84. The first kappa shape index (κ1) is 16.9. The molecule has 3 heteroatoms. The van der Waals surface area contributed by atoms with Gasteiger partial charge in [0.05, 0.1) is 5.60 Å². The Labute approximate surface area is 134 Å². The van der Waals surface area contributed by atoms with Crippen LogP contribution in [0.5, 0.6) is 0 Å². The third-order valence-electron chi connectivity index (χ3n) is 4.39. The van der Waals surface area contributed by atoms with E-state index >= 15 is 0 Å². The minimum absolute atomic E-state index is 0.0255. The summed E-state index contributed by atoms with van der Waals surface area (Å²) in [6.07, 6.45) is 4.65. The summed E-state index contributed by atoms with van der Waals surface area (Å²) in [5, 5.41) is 4.42. The Morgan fingerprint density at radius 1 is 1.38 bits per heavy atom. The van der Waals surface area contributed by atoms with Gasteiger partial charge in [-0.25, -0.2) is 0 Å². The zero-order valence-electron chi connectivity index (χ0n) is 13.8. The first-order valence-corrected chi connectivity index (χ1v) is 8.97. The third kappa shape index (κ3) is 4.73. The first-order valence-electron chi connectivity index (χ1n) is 8.09. The van der Waals surface area contributed by atoms with Crippen molar-refractivity contribution in [1.29, 1.82) is 0 Å². The lowest BCUT2D eigenvalue weighted by atomic mass is 9.95. The molecule has 1 aromatic carbocycles. The number of rotatable bonds is 8. The zero-order valence-corrected chi connectivity index (χ0v) is 14.6. The van der Waals surface area contributed by atoms with Crippen LogP contribution in [0.2, 0.25) is 0 Å². The van der Waals surface area contributed by atoms with E-state index in [0.717, 1.165) is 13.0 Å². The number of methoxy groups -OCH3 is 1. The van der Waals surface area contributed by atoms with Crippen molar-refractivity contribution in [3.05, 3.63) is 29.8 Å². The highest BCUT2D eigenvalue weighted by Gasteiger charge is 2.30. The van der Waals surface area contributed by atoms with Crippen molar-refractivity contribution in [3.8, 4) is 0 Å². The number of hydrogen-bond donors (Lipinski definition) is 1. The van der Waals surface area contributed by atoms with Gasteiger partial charge in [0.15, 0.2) is 0 Å². The smallest absolute Gasteiger partial charge is 0.0623 e. The number of ether oxygens (including phenoxy) is 1. The fourth-order valence-corrected chi connectivity index (χ4v) is 4.23. The Kier molecular flexibility index (Phi) is 6.15. The summed E-state index contributed by atoms with van der Waals surface area (Å²) in [7, 11) is 1.81. The largest absolute Gasteiger partial charge is 0.379 e.